The summed E-state index contributed by atoms with van der Waals surface area (Å²) in [7, 11) is 0. The fourth-order valence-electron chi connectivity index (χ4n) is 2.72. The van der Waals surface area contributed by atoms with E-state index in [1.165, 1.54) is 0 Å². The highest BCUT2D eigenvalue weighted by atomic mass is 35.5. The first kappa shape index (κ1) is 20.0. The van der Waals surface area contributed by atoms with Gasteiger partial charge >= 0.3 is 6.03 Å². The molecule has 0 radical (unpaired) electrons. The number of nitrogens with one attached hydrogen (secondary N) is 2. The summed E-state index contributed by atoms with van der Waals surface area (Å²) in [4.78, 5) is 39.4. The molecule has 1 fully saturated rings. The van der Waals surface area contributed by atoms with E-state index in [1.54, 1.807) is 34.1 Å². The van der Waals surface area contributed by atoms with Crippen molar-refractivity contribution in [2.45, 2.75) is 19.8 Å². The Hall–Kier alpha value is -2.28. The molecule has 1 heterocycles. The van der Waals surface area contributed by atoms with Crippen molar-refractivity contribution in [3.05, 3.63) is 34.9 Å². The Kier molecular flexibility index (Phi) is 7.72. The Bertz CT molecular complexity index is 628. The summed E-state index contributed by atoms with van der Waals surface area (Å²) in [6.45, 7) is 5.10. The van der Waals surface area contributed by atoms with E-state index in [0.717, 1.165) is 0 Å². The molecule has 0 aliphatic carbocycles. The van der Waals surface area contributed by atoms with Crippen LogP contribution in [-0.2, 0) is 4.79 Å². The van der Waals surface area contributed by atoms with E-state index >= 15 is 0 Å². The number of benzene rings is 1. The molecule has 1 saturated heterocycles. The molecule has 4 amide bonds. The van der Waals surface area contributed by atoms with Crippen LogP contribution in [0, 0.1) is 0 Å². The molecule has 2 rings (SSSR count). The van der Waals surface area contributed by atoms with Crippen molar-refractivity contribution in [3.63, 3.8) is 0 Å². The summed E-state index contributed by atoms with van der Waals surface area (Å²) in [5.41, 5.74) is 0.544. The van der Waals surface area contributed by atoms with E-state index < -0.39 is 0 Å². The highest BCUT2D eigenvalue weighted by Crippen LogP contribution is 2.09. The molecule has 1 aromatic carbocycles. The average Bonchev–Trinajstić information content (AvgIpc) is 2.65. The van der Waals surface area contributed by atoms with Crippen LogP contribution >= 0.6 is 11.6 Å². The van der Waals surface area contributed by atoms with Crippen molar-refractivity contribution < 1.29 is 14.4 Å². The molecule has 2 N–H and O–H groups in total. The van der Waals surface area contributed by atoms with Crippen molar-refractivity contribution in [2.24, 2.45) is 0 Å². The van der Waals surface area contributed by atoms with Crippen molar-refractivity contribution in [2.75, 3.05) is 39.3 Å². The van der Waals surface area contributed by atoms with Crippen LogP contribution in [-0.4, -0.2) is 66.9 Å². The zero-order chi connectivity index (χ0) is 18.9. The number of carbonyl (C=O) groups excluding carboxylic acids is 3. The molecule has 0 unspecified atom stereocenters. The topological polar surface area (TPSA) is 81.8 Å². The van der Waals surface area contributed by atoms with Crippen LogP contribution in [0.1, 0.15) is 30.1 Å². The first-order chi connectivity index (χ1) is 12.5. The van der Waals surface area contributed by atoms with E-state index in [0.29, 0.717) is 62.7 Å². The summed E-state index contributed by atoms with van der Waals surface area (Å²) in [6, 6.07) is 6.58. The molecular weight excluding hydrogens is 356 g/mol. The number of amides is 4. The van der Waals surface area contributed by atoms with Crippen LogP contribution in [0.4, 0.5) is 4.79 Å². The minimum atomic E-state index is -0.176. The average molecular weight is 381 g/mol. The molecular formula is C18H25ClN4O3. The maximum absolute atomic E-state index is 12.2. The zero-order valence-electron chi connectivity index (χ0n) is 15.0. The highest BCUT2D eigenvalue weighted by molar-refractivity contribution is 6.30. The number of carbonyl (C=O) groups is 3. The molecule has 1 aliphatic rings. The first-order valence-electron chi connectivity index (χ1n) is 8.85. The van der Waals surface area contributed by atoms with E-state index in [9.17, 15) is 14.4 Å². The summed E-state index contributed by atoms with van der Waals surface area (Å²) in [5, 5.41) is 6.15. The van der Waals surface area contributed by atoms with Gasteiger partial charge in [-0.15, -0.1) is 0 Å². The molecule has 142 valence electrons. The standard InChI is InChI=1S/C18H25ClN4O3/c1-2-20-18(26)23-12-10-22(11-13-23)16(24)4-3-9-21-17(25)14-5-7-15(19)8-6-14/h5-8H,2-4,9-13H2,1H3,(H,20,26)(H,21,25). The fourth-order valence-corrected chi connectivity index (χ4v) is 2.85. The van der Waals surface area contributed by atoms with Gasteiger partial charge in [0, 0.05) is 56.3 Å². The van der Waals surface area contributed by atoms with Crippen molar-refractivity contribution in [1.29, 1.82) is 0 Å². The van der Waals surface area contributed by atoms with E-state index in [-0.39, 0.29) is 17.8 Å². The van der Waals surface area contributed by atoms with Gasteiger partial charge in [-0.25, -0.2) is 4.79 Å². The van der Waals surface area contributed by atoms with Gasteiger partial charge in [0.15, 0.2) is 0 Å². The van der Waals surface area contributed by atoms with Crippen LogP contribution in [0.2, 0.25) is 5.02 Å². The van der Waals surface area contributed by atoms with Gasteiger partial charge in [0.1, 0.15) is 0 Å². The van der Waals surface area contributed by atoms with Gasteiger partial charge in [-0.1, -0.05) is 11.6 Å². The van der Waals surface area contributed by atoms with Gasteiger partial charge in [0.05, 0.1) is 0 Å². The van der Waals surface area contributed by atoms with Crippen LogP contribution < -0.4 is 10.6 Å². The number of halogens is 1. The second-order valence-electron chi connectivity index (χ2n) is 6.07. The quantitative estimate of drug-likeness (QED) is 0.737. The summed E-state index contributed by atoms with van der Waals surface area (Å²) < 4.78 is 0. The van der Waals surface area contributed by atoms with Gasteiger partial charge in [-0.05, 0) is 37.6 Å². The van der Waals surface area contributed by atoms with Crippen LogP contribution in [0.5, 0.6) is 0 Å². The van der Waals surface area contributed by atoms with Crippen molar-refractivity contribution in [3.8, 4) is 0 Å². The normalized spacial score (nSPS) is 14.1. The van der Waals surface area contributed by atoms with Gasteiger partial charge in [-0.2, -0.15) is 0 Å². The van der Waals surface area contributed by atoms with Crippen LogP contribution in [0.15, 0.2) is 24.3 Å². The smallest absolute Gasteiger partial charge is 0.317 e. The molecule has 0 spiro atoms. The highest BCUT2D eigenvalue weighted by Gasteiger charge is 2.23. The van der Waals surface area contributed by atoms with Gasteiger partial charge < -0.3 is 20.4 Å². The predicted molar refractivity (Wildman–Crippen MR) is 100 cm³/mol. The Morgan fingerprint density at radius 1 is 1.00 bits per heavy atom. The third-order valence-corrected chi connectivity index (χ3v) is 4.46. The van der Waals surface area contributed by atoms with E-state index in [1.807, 2.05) is 6.92 Å². The summed E-state index contributed by atoms with van der Waals surface area (Å²) >= 11 is 5.79. The van der Waals surface area contributed by atoms with Crippen LogP contribution in [0.25, 0.3) is 0 Å². The molecule has 1 aromatic rings. The summed E-state index contributed by atoms with van der Waals surface area (Å²) in [6.07, 6.45) is 0.955. The van der Waals surface area contributed by atoms with Crippen molar-refractivity contribution in [1.82, 2.24) is 20.4 Å². The number of piperazine rings is 1. The van der Waals surface area contributed by atoms with E-state index in [4.69, 9.17) is 11.6 Å². The first-order valence-corrected chi connectivity index (χ1v) is 9.23. The maximum Gasteiger partial charge on any atom is 0.317 e. The number of hydrogen-bond donors (Lipinski definition) is 2. The summed E-state index contributed by atoms with van der Waals surface area (Å²) in [5.74, 6) is -0.119. The van der Waals surface area contributed by atoms with Gasteiger partial charge in [0.2, 0.25) is 5.91 Å². The Morgan fingerprint density at radius 3 is 2.23 bits per heavy atom. The Labute approximate surface area is 158 Å². The zero-order valence-corrected chi connectivity index (χ0v) is 15.7. The number of urea groups is 1. The SMILES string of the molecule is CCNC(=O)N1CCN(C(=O)CCCNC(=O)c2ccc(Cl)cc2)CC1. The van der Waals surface area contributed by atoms with Crippen LogP contribution in [0.3, 0.4) is 0 Å². The third-order valence-electron chi connectivity index (χ3n) is 4.21. The monoisotopic (exact) mass is 380 g/mol. The molecule has 0 aromatic heterocycles. The lowest BCUT2D eigenvalue weighted by atomic mass is 10.2. The minimum absolute atomic E-state index is 0.0568. The van der Waals surface area contributed by atoms with Crippen molar-refractivity contribution >= 4 is 29.4 Å². The van der Waals surface area contributed by atoms with Gasteiger partial charge in [-0.3, -0.25) is 9.59 Å². The fraction of sp³-hybridized carbons (Fsp3) is 0.500. The third kappa shape index (κ3) is 5.91. The molecule has 0 atom stereocenters. The Morgan fingerprint density at radius 2 is 1.62 bits per heavy atom. The largest absolute Gasteiger partial charge is 0.352 e. The lowest BCUT2D eigenvalue weighted by Crippen LogP contribution is -2.53. The predicted octanol–water partition coefficient (Wildman–Crippen LogP) is 1.72. The molecule has 26 heavy (non-hydrogen) atoms. The maximum atomic E-state index is 12.2. The number of nitrogens with zero attached hydrogens (tertiary/aromatic N) is 2. The minimum Gasteiger partial charge on any atom is -0.352 e. The second kappa shape index (κ2) is 10.0. The number of rotatable bonds is 6. The van der Waals surface area contributed by atoms with E-state index in [2.05, 4.69) is 10.6 Å². The van der Waals surface area contributed by atoms with Gasteiger partial charge in [0.25, 0.3) is 5.91 Å². The molecule has 7 nitrogen and oxygen atoms in total. The molecule has 0 saturated carbocycles. The Balaban J connectivity index is 1.64. The molecule has 0 bridgehead atoms. The lowest BCUT2D eigenvalue weighted by Gasteiger charge is -2.34. The second-order valence-corrected chi connectivity index (χ2v) is 6.51. The number of hydrogen-bond acceptors (Lipinski definition) is 3. The molecule has 8 heteroatoms. The molecule has 1 aliphatic heterocycles. The lowest BCUT2D eigenvalue weighted by molar-refractivity contribution is -0.132.